The highest BCUT2D eigenvalue weighted by Gasteiger charge is 2.37. The fraction of sp³-hybridized carbons (Fsp3) is 0.235. The van der Waals surface area contributed by atoms with Gasteiger partial charge in [-0.2, -0.15) is 4.31 Å². The first-order chi connectivity index (χ1) is 12.9. The lowest BCUT2D eigenvalue weighted by Gasteiger charge is -2.33. The van der Waals surface area contributed by atoms with Gasteiger partial charge in [0.25, 0.3) is 5.91 Å². The second kappa shape index (κ2) is 9.68. The second-order valence-corrected chi connectivity index (χ2v) is 8.65. The molecular weight excluding hydrogens is 474 g/mol. The maximum atomic E-state index is 12.9. The maximum absolute atomic E-state index is 12.9. The molecule has 3 N–H and O–H groups in total. The van der Waals surface area contributed by atoms with Crippen LogP contribution in [0.1, 0.15) is 0 Å². The number of amides is 1. The molecule has 2 aromatic rings. The zero-order valence-corrected chi connectivity index (χ0v) is 17.8. The van der Waals surface area contributed by atoms with Gasteiger partial charge in [0.05, 0.1) is 4.90 Å². The molecule has 11 heteroatoms. The van der Waals surface area contributed by atoms with Crippen molar-refractivity contribution in [2.45, 2.75) is 10.9 Å². The summed E-state index contributed by atoms with van der Waals surface area (Å²) in [5, 5.41) is 11.8. The van der Waals surface area contributed by atoms with Gasteiger partial charge < -0.3 is 10.1 Å². The van der Waals surface area contributed by atoms with Crippen LogP contribution in [0, 0.1) is 0 Å². The van der Waals surface area contributed by atoms with Crippen LogP contribution in [0.4, 0.5) is 0 Å². The van der Waals surface area contributed by atoms with Crippen LogP contribution in [0.15, 0.2) is 57.9 Å². The second-order valence-electron chi connectivity index (χ2n) is 5.84. The molecule has 0 aliphatic carbocycles. The molecule has 0 radical (unpaired) electrons. The number of nitrogens with zero attached hydrogens (tertiary/aromatic N) is 1. The van der Waals surface area contributed by atoms with Crippen molar-refractivity contribution < 1.29 is 23.2 Å². The van der Waals surface area contributed by atoms with E-state index >= 15 is 0 Å². The third-order valence-corrected chi connectivity index (χ3v) is 6.54. The molecule has 0 aromatic heterocycles. The average Bonchev–Trinajstić information content (AvgIpc) is 2.69. The topological polar surface area (TPSA) is 108 Å². The van der Waals surface area contributed by atoms with Gasteiger partial charge in [0.15, 0.2) is 0 Å². The van der Waals surface area contributed by atoms with Crippen molar-refractivity contribution in [3.8, 4) is 11.5 Å². The third-order valence-electron chi connectivity index (χ3n) is 4.09. The van der Waals surface area contributed by atoms with Gasteiger partial charge in [-0.1, -0.05) is 15.9 Å². The quantitative estimate of drug-likeness (QED) is 0.436. The molecule has 1 atom stereocenters. The van der Waals surface area contributed by atoms with Crippen molar-refractivity contribution in [2.24, 2.45) is 0 Å². The minimum Gasteiger partial charge on any atom is -0.457 e. The summed E-state index contributed by atoms with van der Waals surface area (Å²) in [5.41, 5.74) is 1.52. The first kappa shape index (κ1) is 22.6. The first-order valence-electron chi connectivity index (χ1n) is 8.12. The molecule has 0 bridgehead atoms. The molecule has 0 spiro atoms. The number of hydrogen-bond acceptors (Lipinski definition) is 6. The van der Waals surface area contributed by atoms with Crippen molar-refractivity contribution in [3.05, 3.63) is 53.0 Å². The zero-order valence-electron chi connectivity index (χ0n) is 14.5. The number of benzene rings is 2. The van der Waals surface area contributed by atoms with Crippen molar-refractivity contribution in [1.29, 1.82) is 0 Å². The molecule has 1 amide bonds. The highest BCUT2D eigenvalue weighted by molar-refractivity contribution is 9.10. The Labute approximate surface area is 177 Å². The molecular formula is C17H19BrClN3O5S. The summed E-state index contributed by atoms with van der Waals surface area (Å²) in [6.45, 7) is 0.660. The van der Waals surface area contributed by atoms with Crippen LogP contribution in [-0.4, -0.2) is 49.5 Å². The molecule has 0 saturated carbocycles. The van der Waals surface area contributed by atoms with Crippen molar-refractivity contribution in [2.75, 3.05) is 19.6 Å². The number of sulfonamides is 1. The van der Waals surface area contributed by atoms with E-state index in [4.69, 9.17) is 9.94 Å². The van der Waals surface area contributed by atoms with E-state index in [-0.39, 0.29) is 30.4 Å². The highest BCUT2D eigenvalue weighted by Crippen LogP contribution is 2.26. The molecule has 1 aliphatic rings. The van der Waals surface area contributed by atoms with Crippen molar-refractivity contribution >= 4 is 44.3 Å². The largest absolute Gasteiger partial charge is 0.457 e. The van der Waals surface area contributed by atoms with Gasteiger partial charge in [-0.25, -0.2) is 13.9 Å². The van der Waals surface area contributed by atoms with Crippen LogP contribution in [0.5, 0.6) is 11.5 Å². The van der Waals surface area contributed by atoms with Crippen LogP contribution in [-0.2, 0) is 14.8 Å². The predicted molar refractivity (Wildman–Crippen MR) is 108 cm³/mol. The van der Waals surface area contributed by atoms with Gasteiger partial charge >= 0.3 is 0 Å². The Morgan fingerprint density at radius 3 is 2.29 bits per heavy atom. The molecule has 152 valence electrons. The first-order valence-corrected chi connectivity index (χ1v) is 10.3. The Morgan fingerprint density at radius 1 is 1.14 bits per heavy atom. The molecule has 3 rings (SSSR count). The fourth-order valence-electron chi connectivity index (χ4n) is 2.73. The van der Waals surface area contributed by atoms with Gasteiger partial charge in [-0.05, 0) is 48.5 Å². The smallest absolute Gasteiger partial charge is 0.263 e. The van der Waals surface area contributed by atoms with E-state index in [1.807, 2.05) is 12.1 Å². The minimum absolute atomic E-state index is 0. The van der Waals surface area contributed by atoms with E-state index in [0.717, 1.165) is 8.78 Å². The van der Waals surface area contributed by atoms with E-state index in [1.165, 1.54) is 17.6 Å². The van der Waals surface area contributed by atoms with E-state index < -0.39 is 22.0 Å². The Morgan fingerprint density at radius 2 is 1.71 bits per heavy atom. The Hall–Kier alpha value is -1.69. The molecule has 1 aliphatic heterocycles. The number of nitrogens with one attached hydrogen (secondary N) is 2. The maximum Gasteiger partial charge on any atom is 0.263 e. The summed E-state index contributed by atoms with van der Waals surface area (Å²) in [6, 6.07) is 12.2. The summed E-state index contributed by atoms with van der Waals surface area (Å²) in [5.74, 6) is 0.331. The number of carbonyl (C=O) groups excluding carboxylic acids is 1. The van der Waals surface area contributed by atoms with Crippen LogP contribution in [0.2, 0.25) is 0 Å². The predicted octanol–water partition coefficient (Wildman–Crippen LogP) is 2.13. The number of rotatable bonds is 5. The Balaban J connectivity index is 0.00000280. The lowest BCUT2D eigenvalue weighted by molar-refractivity contribution is -0.133. The molecule has 1 heterocycles. The molecule has 28 heavy (non-hydrogen) atoms. The normalized spacial score (nSPS) is 17.4. The number of carbonyl (C=O) groups is 1. The van der Waals surface area contributed by atoms with Gasteiger partial charge in [0.2, 0.25) is 10.0 Å². The molecule has 1 saturated heterocycles. The fourth-order valence-corrected chi connectivity index (χ4v) is 4.58. The van der Waals surface area contributed by atoms with Crippen molar-refractivity contribution in [3.63, 3.8) is 0 Å². The Kier molecular flexibility index (Phi) is 7.81. The summed E-state index contributed by atoms with van der Waals surface area (Å²) in [6.07, 6.45) is 0. The molecule has 0 unspecified atom stereocenters. The summed E-state index contributed by atoms with van der Waals surface area (Å²) in [4.78, 5) is 11.9. The standard InChI is InChI=1S/C17H18BrN3O5S.ClH/c18-12-1-3-13(4-2-12)26-14-5-7-15(8-6-14)27(24,25)21-10-9-19-11-16(21)17(22)20-23;/h1-8,16,19,23H,9-11H2,(H,20,22);1H/t16-;/m0./s1. The van der Waals surface area contributed by atoms with E-state index in [1.54, 1.807) is 24.3 Å². The third kappa shape index (κ3) is 5.02. The minimum atomic E-state index is -3.90. The monoisotopic (exact) mass is 491 g/mol. The average molecular weight is 493 g/mol. The van der Waals surface area contributed by atoms with E-state index in [0.29, 0.717) is 18.0 Å². The lowest BCUT2D eigenvalue weighted by Crippen LogP contribution is -2.59. The number of hydrogen-bond donors (Lipinski definition) is 3. The van der Waals surface area contributed by atoms with Crippen molar-refractivity contribution in [1.82, 2.24) is 15.1 Å². The molecule has 1 fully saturated rings. The number of hydroxylamine groups is 1. The van der Waals surface area contributed by atoms with Gasteiger partial charge in [-0.3, -0.25) is 10.0 Å². The van der Waals surface area contributed by atoms with Gasteiger partial charge in [-0.15, -0.1) is 12.4 Å². The van der Waals surface area contributed by atoms with Gasteiger partial charge in [0.1, 0.15) is 17.5 Å². The van der Waals surface area contributed by atoms with E-state index in [2.05, 4.69) is 21.2 Å². The summed E-state index contributed by atoms with van der Waals surface area (Å²) >= 11 is 3.34. The van der Waals surface area contributed by atoms with Crippen LogP contribution >= 0.6 is 28.3 Å². The summed E-state index contributed by atoms with van der Waals surface area (Å²) < 4.78 is 33.5. The highest BCUT2D eigenvalue weighted by atomic mass is 79.9. The van der Waals surface area contributed by atoms with Crippen LogP contribution < -0.4 is 15.5 Å². The SMILES string of the molecule is Cl.O=C(NO)[C@@H]1CNCCN1S(=O)(=O)c1ccc(Oc2ccc(Br)cc2)cc1. The lowest BCUT2D eigenvalue weighted by atomic mass is 10.2. The summed E-state index contributed by atoms with van der Waals surface area (Å²) in [7, 11) is -3.90. The zero-order chi connectivity index (χ0) is 19.4. The van der Waals surface area contributed by atoms with E-state index in [9.17, 15) is 13.2 Å². The van der Waals surface area contributed by atoms with Crippen LogP contribution in [0.3, 0.4) is 0 Å². The number of halogens is 2. The number of ether oxygens (including phenoxy) is 1. The number of piperazine rings is 1. The van der Waals surface area contributed by atoms with Gasteiger partial charge in [0, 0.05) is 24.1 Å². The Bertz CT molecular complexity index is 909. The van der Waals surface area contributed by atoms with Crippen LogP contribution in [0.25, 0.3) is 0 Å². The molecule has 8 nitrogen and oxygen atoms in total. The molecule has 2 aromatic carbocycles.